The van der Waals surface area contributed by atoms with E-state index in [1.165, 1.54) is 0 Å². The average molecular weight is 223 g/mol. The highest BCUT2D eigenvalue weighted by atomic mass is 15.3. The molecule has 0 aliphatic rings. The number of hydrogen-bond donors (Lipinski definition) is 1. The highest BCUT2D eigenvalue weighted by molar-refractivity contribution is 5.75. The van der Waals surface area contributed by atoms with Crippen LogP contribution in [0.4, 0.5) is 5.69 Å². The van der Waals surface area contributed by atoms with Crippen molar-refractivity contribution in [2.24, 2.45) is 16.2 Å². The predicted molar refractivity (Wildman–Crippen MR) is 70.5 cm³/mol. The maximum atomic E-state index is 5.07. The van der Waals surface area contributed by atoms with Crippen LogP contribution in [0.1, 0.15) is 11.1 Å². The topological polar surface area (TPSA) is 50.7 Å². The molecule has 0 unspecified atom stereocenters. The van der Waals surface area contributed by atoms with Crippen LogP contribution in [0.15, 0.2) is 64.9 Å². The van der Waals surface area contributed by atoms with Gasteiger partial charge in [0, 0.05) is 5.56 Å². The van der Waals surface area contributed by atoms with Gasteiger partial charge < -0.3 is 5.84 Å². The first-order valence-corrected chi connectivity index (χ1v) is 5.33. The van der Waals surface area contributed by atoms with Crippen LogP contribution in [0.5, 0.6) is 0 Å². The van der Waals surface area contributed by atoms with E-state index in [0.29, 0.717) is 0 Å². The number of rotatable bonds is 3. The summed E-state index contributed by atoms with van der Waals surface area (Å²) in [6, 6.07) is 17.8. The largest absolute Gasteiger partial charge is 0.305 e. The van der Waals surface area contributed by atoms with E-state index in [-0.39, 0.29) is 0 Å². The van der Waals surface area contributed by atoms with Gasteiger partial charge in [-0.2, -0.15) is 0 Å². The lowest BCUT2D eigenvalue weighted by molar-refractivity contribution is 1.06. The molecular weight excluding hydrogens is 210 g/mol. The number of benzene rings is 2. The first-order valence-electron chi connectivity index (χ1n) is 5.33. The van der Waals surface area contributed by atoms with E-state index in [1.54, 1.807) is 0 Å². The molecule has 17 heavy (non-hydrogen) atoms. The summed E-state index contributed by atoms with van der Waals surface area (Å²) in [5.74, 6) is 5.07. The minimum absolute atomic E-state index is 0.766. The lowest BCUT2D eigenvalue weighted by atomic mass is 10.1. The van der Waals surface area contributed by atoms with Crippen LogP contribution in [-0.4, -0.2) is 0 Å². The minimum atomic E-state index is 0.766. The van der Waals surface area contributed by atoms with Crippen molar-refractivity contribution in [1.82, 2.24) is 0 Å². The van der Waals surface area contributed by atoms with Crippen LogP contribution in [0.25, 0.3) is 12.2 Å². The molecule has 0 radical (unpaired) electrons. The Morgan fingerprint density at radius 1 is 0.824 bits per heavy atom. The predicted octanol–water partition coefficient (Wildman–Crippen LogP) is 3.81. The molecule has 2 aromatic rings. The third kappa shape index (κ3) is 3.01. The Balaban J connectivity index is 2.27. The van der Waals surface area contributed by atoms with Gasteiger partial charge in [-0.25, -0.2) is 0 Å². The fraction of sp³-hybridized carbons (Fsp3) is 0. The summed E-state index contributed by atoms with van der Waals surface area (Å²) < 4.78 is 0. The quantitative estimate of drug-likeness (QED) is 0.366. The molecule has 0 saturated carbocycles. The lowest BCUT2D eigenvalue weighted by Gasteiger charge is -1.98. The maximum absolute atomic E-state index is 5.07. The Labute approximate surface area is 100 Å². The molecule has 2 N–H and O–H groups in total. The summed E-state index contributed by atoms with van der Waals surface area (Å²) in [5.41, 5.74) is 2.90. The molecule has 3 nitrogen and oxygen atoms in total. The zero-order chi connectivity index (χ0) is 11.9. The molecule has 0 atom stereocenters. The molecule has 0 amide bonds. The second kappa shape index (κ2) is 5.61. The molecular formula is C14H13N3. The van der Waals surface area contributed by atoms with Gasteiger partial charge in [-0.3, -0.25) is 0 Å². The molecule has 0 fully saturated rings. The van der Waals surface area contributed by atoms with Crippen molar-refractivity contribution in [2.75, 3.05) is 0 Å². The van der Waals surface area contributed by atoms with Crippen molar-refractivity contribution >= 4 is 17.8 Å². The number of nitrogens with two attached hydrogens (primary N) is 1. The van der Waals surface area contributed by atoms with Crippen LogP contribution in [0, 0.1) is 0 Å². The van der Waals surface area contributed by atoms with Gasteiger partial charge in [0.1, 0.15) is 0 Å². The smallest absolute Gasteiger partial charge is 0.0946 e. The van der Waals surface area contributed by atoms with Crippen LogP contribution in [-0.2, 0) is 0 Å². The molecule has 0 bridgehead atoms. The van der Waals surface area contributed by atoms with Crippen molar-refractivity contribution in [3.63, 3.8) is 0 Å². The second-order valence-electron chi connectivity index (χ2n) is 3.52. The van der Waals surface area contributed by atoms with Crippen LogP contribution < -0.4 is 5.84 Å². The van der Waals surface area contributed by atoms with Gasteiger partial charge in [-0.1, -0.05) is 65.9 Å². The number of nitrogens with zero attached hydrogens (tertiary/aromatic N) is 2. The van der Waals surface area contributed by atoms with E-state index in [4.69, 9.17) is 5.84 Å². The summed E-state index contributed by atoms with van der Waals surface area (Å²) in [5, 5.41) is 7.18. The first kappa shape index (κ1) is 11.1. The third-order valence-corrected chi connectivity index (χ3v) is 2.36. The molecule has 0 heterocycles. The van der Waals surface area contributed by atoms with Gasteiger partial charge in [0.05, 0.1) is 5.69 Å². The highest BCUT2D eigenvalue weighted by Crippen LogP contribution is 2.21. The van der Waals surface area contributed by atoms with Crippen molar-refractivity contribution in [3.8, 4) is 0 Å². The standard InChI is InChI=1S/C14H13N3/c15-17-16-14-9-5-4-8-13(14)11-10-12-6-2-1-3-7-12/h1-11H,(H2,15,16). The molecule has 0 aliphatic heterocycles. The molecule has 84 valence electrons. The van der Waals surface area contributed by atoms with Crippen molar-refractivity contribution < 1.29 is 0 Å². The van der Waals surface area contributed by atoms with Crippen LogP contribution >= 0.6 is 0 Å². The SMILES string of the molecule is NN=Nc1ccccc1C=Cc1ccccc1. The monoisotopic (exact) mass is 223 g/mol. The molecule has 2 aromatic carbocycles. The highest BCUT2D eigenvalue weighted by Gasteiger charge is 1.95. The summed E-state index contributed by atoms with van der Waals surface area (Å²) in [4.78, 5) is 0. The van der Waals surface area contributed by atoms with Gasteiger partial charge in [0.15, 0.2) is 0 Å². The maximum Gasteiger partial charge on any atom is 0.0946 e. The zero-order valence-electron chi connectivity index (χ0n) is 9.32. The van der Waals surface area contributed by atoms with E-state index in [2.05, 4.69) is 10.3 Å². The van der Waals surface area contributed by atoms with Gasteiger partial charge in [-0.05, 0) is 11.6 Å². The molecule has 3 heteroatoms. The van der Waals surface area contributed by atoms with Crippen molar-refractivity contribution in [2.45, 2.75) is 0 Å². The van der Waals surface area contributed by atoms with E-state index in [1.807, 2.05) is 66.7 Å². The third-order valence-electron chi connectivity index (χ3n) is 2.36. The molecule has 0 aromatic heterocycles. The van der Waals surface area contributed by atoms with Gasteiger partial charge in [0.25, 0.3) is 0 Å². The van der Waals surface area contributed by atoms with E-state index >= 15 is 0 Å². The Morgan fingerprint density at radius 2 is 1.53 bits per heavy atom. The van der Waals surface area contributed by atoms with Gasteiger partial charge in [0.2, 0.25) is 0 Å². The summed E-state index contributed by atoms with van der Waals surface area (Å²) in [6.07, 6.45) is 4.03. The molecule has 2 rings (SSSR count). The summed E-state index contributed by atoms with van der Waals surface area (Å²) in [6.45, 7) is 0. The van der Waals surface area contributed by atoms with Gasteiger partial charge in [-0.15, -0.1) is 5.11 Å². The number of hydrogen-bond acceptors (Lipinski definition) is 2. The molecule has 0 aliphatic carbocycles. The fourth-order valence-electron chi connectivity index (χ4n) is 1.53. The van der Waals surface area contributed by atoms with E-state index in [9.17, 15) is 0 Å². The Morgan fingerprint density at radius 3 is 2.29 bits per heavy atom. The minimum Gasteiger partial charge on any atom is -0.305 e. The Kier molecular flexibility index (Phi) is 3.65. The zero-order valence-corrected chi connectivity index (χ0v) is 9.32. The van der Waals surface area contributed by atoms with Crippen molar-refractivity contribution in [3.05, 3.63) is 65.7 Å². The summed E-state index contributed by atoms with van der Waals surface area (Å²) in [7, 11) is 0. The average Bonchev–Trinajstić information content (AvgIpc) is 2.39. The normalized spacial score (nSPS) is 11.3. The van der Waals surface area contributed by atoms with E-state index in [0.717, 1.165) is 16.8 Å². The molecule has 0 spiro atoms. The second-order valence-corrected chi connectivity index (χ2v) is 3.52. The first-order chi connectivity index (χ1) is 8.40. The van der Waals surface area contributed by atoms with Gasteiger partial charge >= 0.3 is 0 Å². The Hall–Kier alpha value is -2.42. The van der Waals surface area contributed by atoms with Crippen LogP contribution in [0.3, 0.4) is 0 Å². The Bertz CT molecular complexity index is 530. The molecule has 0 saturated heterocycles. The van der Waals surface area contributed by atoms with E-state index < -0.39 is 0 Å². The fourth-order valence-corrected chi connectivity index (χ4v) is 1.53. The summed E-state index contributed by atoms with van der Waals surface area (Å²) >= 11 is 0. The van der Waals surface area contributed by atoms with Crippen molar-refractivity contribution in [1.29, 1.82) is 0 Å². The lowest BCUT2D eigenvalue weighted by Crippen LogP contribution is -1.77. The van der Waals surface area contributed by atoms with Crippen LogP contribution in [0.2, 0.25) is 0 Å².